The summed E-state index contributed by atoms with van der Waals surface area (Å²) >= 11 is 1.51. The summed E-state index contributed by atoms with van der Waals surface area (Å²) < 4.78 is 14.0. The summed E-state index contributed by atoms with van der Waals surface area (Å²) in [6.45, 7) is 11.2. The number of aromatic nitrogens is 1. The first-order chi connectivity index (χ1) is 15.3. The average molecular weight is 482 g/mol. The van der Waals surface area contributed by atoms with Crippen LogP contribution in [-0.2, 0) is 9.59 Å². The number of aliphatic carboxylic acids is 1. The van der Waals surface area contributed by atoms with Gasteiger partial charge in [0.1, 0.15) is 11.6 Å². The van der Waals surface area contributed by atoms with Gasteiger partial charge in [0.15, 0.2) is 0 Å². The number of allylic oxidation sites excluding steroid dienone is 3. The Bertz CT molecular complexity index is 843. The molecule has 0 saturated carbocycles. The van der Waals surface area contributed by atoms with Crippen molar-refractivity contribution < 1.29 is 24.2 Å². The number of aliphatic hydroxyl groups excluding tert-OH is 1. The second-order valence-corrected chi connectivity index (χ2v) is 10.9. The maximum Gasteiger partial charge on any atom is 0.306 e. The molecule has 3 unspecified atom stereocenters. The van der Waals surface area contributed by atoms with Crippen LogP contribution in [0.4, 0.5) is 4.39 Å². The molecule has 5 nitrogen and oxygen atoms in total. The quantitative estimate of drug-likeness (QED) is 0.270. The lowest BCUT2D eigenvalue weighted by Crippen LogP contribution is -2.41. The molecule has 0 amide bonds. The lowest BCUT2D eigenvalue weighted by molar-refractivity contribution is -0.145. The monoisotopic (exact) mass is 481 g/mol. The number of Topliss-reactive ketones (excluding diaryl/α,β-unsaturated/α-hetero) is 1. The zero-order valence-corrected chi connectivity index (χ0v) is 21.7. The minimum absolute atomic E-state index is 0.0953. The predicted octanol–water partition coefficient (Wildman–Crippen LogP) is 6.75. The smallest absolute Gasteiger partial charge is 0.306 e. The van der Waals surface area contributed by atoms with Crippen molar-refractivity contribution in [2.24, 2.45) is 17.3 Å². The Hall–Kier alpha value is -1.86. The highest BCUT2D eigenvalue weighted by molar-refractivity contribution is 7.09. The minimum Gasteiger partial charge on any atom is -0.481 e. The number of carboxylic acids is 1. The van der Waals surface area contributed by atoms with Crippen molar-refractivity contribution in [3.8, 4) is 0 Å². The van der Waals surface area contributed by atoms with E-state index in [0.717, 1.165) is 24.3 Å². The lowest BCUT2D eigenvalue weighted by Gasteiger charge is -2.31. The number of nitrogens with zero attached hydrogens (tertiary/aromatic N) is 1. The number of thiazole rings is 1. The van der Waals surface area contributed by atoms with Gasteiger partial charge >= 0.3 is 5.97 Å². The molecule has 0 radical (unpaired) electrons. The summed E-state index contributed by atoms with van der Waals surface area (Å²) in [5.41, 5.74) is 0.831. The van der Waals surface area contributed by atoms with Crippen LogP contribution in [0.15, 0.2) is 22.9 Å². The van der Waals surface area contributed by atoms with Crippen molar-refractivity contribution in [3.63, 3.8) is 0 Å². The van der Waals surface area contributed by atoms with E-state index >= 15 is 0 Å². The predicted molar refractivity (Wildman–Crippen MR) is 133 cm³/mol. The number of rotatable bonds is 15. The molecule has 0 aromatic carbocycles. The number of ketones is 1. The van der Waals surface area contributed by atoms with Gasteiger partial charge in [-0.3, -0.25) is 9.59 Å². The van der Waals surface area contributed by atoms with Gasteiger partial charge < -0.3 is 10.2 Å². The van der Waals surface area contributed by atoms with Gasteiger partial charge in [0.05, 0.1) is 28.6 Å². The van der Waals surface area contributed by atoms with E-state index in [4.69, 9.17) is 5.11 Å². The third-order valence-electron chi connectivity index (χ3n) is 6.12. The average Bonchev–Trinajstić information content (AvgIpc) is 3.11. The maximum atomic E-state index is 14.0. The molecule has 0 bridgehead atoms. The van der Waals surface area contributed by atoms with E-state index in [1.165, 1.54) is 23.0 Å². The van der Waals surface area contributed by atoms with Crippen LogP contribution in [0.1, 0.15) is 90.3 Å². The SMILES string of the molecule is C/C(=C\CC/C(F)=C/c1csc(C)n1)CCCC(C)CC(C)C(=O)C(C)(C)C(O)CC(=O)O. The Morgan fingerprint density at radius 3 is 2.52 bits per heavy atom. The molecule has 3 atom stereocenters. The number of carbonyl (C=O) groups excluding carboxylic acids is 1. The zero-order chi connectivity index (χ0) is 25.2. The first-order valence-corrected chi connectivity index (χ1v) is 12.6. The maximum absolute atomic E-state index is 14.0. The molecule has 0 aliphatic heterocycles. The first-order valence-electron chi connectivity index (χ1n) is 11.7. The molecule has 33 heavy (non-hydrogen) atoms. The van der Waals surface area contributed by atoms with Crippen LogP contribution >= 0.6 is 11.3 Å². The fraction of sp³-hybridized carbons (Fsp3) is 0.654. The van der Waals surface area contributed by atoms with Gasteiger partial charge in [-0.15, -0.1) is 11.3 Å². The highest BCUT2D eigenvalue weighted by Crippen LogP contribution is 2.31. The van der Waals surface area contributed by atoms with E-state index < -0.39 is 23.9 Å². The molecule has 0 aliphatic rings. The molecule has 7 heteroatoms. The fourth-order valence-electron chi connectivity index (χ4n) is 4.02. The van der Waals surface area contributed by atoms with Crippen molar-refractivity contribution in [2.45, 2.75) is 92.6 Å². The molecular formula is C26H40FNO4S. The normalized spacial score (nSPS) is 15.9. The molecule has 1 rings (SSSR count). The van der Waals surface area contributed by atoms with Crippen molar-refractivity contribution in [2.75, 3.05) is 0 Å². The minimum atomic E-state index is -1.20. The highest BCUT2D eigenvalue weighted by atomic mass is 32.1. The summed E-state index contributed by atoms with van der Waals surface area (Å²) in [5, 5.41) is 21.8. The highest BCUT2D eigenvalue weighted by Gasteiger charge is 2.39. The summed E-state index contributed by atoms with van der Waals surface area (Å²) in [7, 11) is 0. The number of aliphatic hydroxyl groups is 1. The van der Waals surface area contributed by atoms with E-state index in [-0.39, 0.29) is 17.5 Å². The van der Waals surface area contributed by atoms with Gasteiger partial charge in [-0.2, -0.15) is 0 Å². The zero-order valence-electron chi connectivity index (χ0n) is 20.9. The van der Waals surface area contributed by atoms with Crippen LogP contribution < -0.4 is 0 Å². The molecule has 186 valence electrons. The van der Waals surface area contributed by atoms with Crippen LogP contribution in [0.2, 0.25) is 0 Å². The van der Waals surface area contributed by atoms with E-state index in [1.807, 2.05) is 19.2 Å². The van der Waals surface area contributed by atoms with Crippen molar-refractivity contribution in [3.05, 3.63) is 33.6 Å². The van der Waals surface area contributed by atoms with Gasteiger partial charge in [-0.25, -0.2) is 9.37 Å². The van der Waals surface area contributed by atoms with E-state index in [2.05, 4.69) is 24.9 Å². The largest absolute Gasteiger partial charge is 0.481 e. The Kier molecular flexibility index (Phi) is 12.2. The first kappa shape index (κ1) is 29.2. The second kappa shape index (κ2) is 13.8. The number of hydrogen-bond acceptors (Lipinski definition) is 5. The number of hydrogen-bond donors (Lipinski definition) is 2. The van der Waals surface area contributed by atoms with Gasteiger partial charge in [-0.05, 0) is 51.5 Å². The lowest BCUT2D eigenvalue weighted by atomic mass is 9.74. The number of aryl methyl sites for hydroxylation is 1. The fourth-order valence-corrected chi connectivity index (χ4v) is 4.59. The van der Waals surface area contributed by atoms with E-state index in [0.29, 0.717) is 30.9 Å². The topological polar surface area (TPSA) is 87.5 Å². The second-order valence-electron chi connectivity index (χ2n) is 9.81. The molecule has 1 aromatic heterocycles. The number of carbonyl (C=O) groups is 2. The molecule has 0 aliphatic carbocycles. The Morgan fingerprint density at radius 2 is 1.94 bits per heavy atom. The van der Waals surface area contributed by atoms with Crippen LogP contribution in [-0.4, -0.2) is 33.1 Å². The summed E-state index contributed by atoms with van der Waals surface area (Å²) in [4.78, 5) is 27.9. The van der Waals surface area contributed by atoms with Crippen molar-refractivity contribution in [1.29, 1.82) is 0 Å². The Labute approximate surface area is 201 Å². The van der Waals surface area contributed by atoms with Crippen LogP contribution in [0.3, 0.4) is 0 Å². The van der Waals surface area contributed by atoms with Crippen LogP contribution in [0, 0.1) is 24.2 Å². The van der Waals surface area contributed by atoms with Crippen LogP contribution in [0.25, 0.3) is 6.08 Å². The Balaban J connectivity index is 2.38. The van der Waals surface area contributed by atoms with Gasteiger partial charge in [-0.1, -0.05) is 45.8 Å². The summed E-state index contributed by atoms with van der Waals surface area (Å²) in [5.74, 6) is -1.27. The molecule has 1 heterocycles. The van der Waals surface area contributed by atoms with E-state index in [1.54, 1.807) is 13.8 Å². The molecule has 1 aromatic rings. The Morgan fingerprint density at radius 1 is 1.27 bits per heavy atom. The van der Waals surface area contributed by atoms with Crippen molar-refractivity contribution in [1.82, 2.24) is 4.98 Å². The molecule has 0 fully saturated rings. The van der Waals surface area contributed by atoms with Gasteiger partial charge in [0, 0.05) is 17.7 Å². The number of carboxylic acid groups (broad SMARTS) is 1. The molecule has 0 saturated heterocycles. The standard InChI is InChI=1S/C26H40FNO4S/c1-17(10-8-12-21(27)14-22-16-33-20(4)28-22)9-7-11-18(2)13-19(3)25(32)26(5,6)23(29)15-24(30)31/h10,14,16,18-19,23,29H,7-9,11-13,15H2,1-6H3,(H,30,31)/b17-10+,21-14-. The van der Waals surface area contributed by atoms with Crippen LogP contribution in [0.5, 0.6) is 0 Å². The molecular weight excluding hydrogens is 441 g/mol. The number of halogens is 1. The van der Waals surface area contributed by atoms with Gasteiger partial charge in [0.25, 0.3) is 0 Å². The van der Waals surface area contributed by atoms with Crippen molar-refractivity contribution >= 4 is 29.2 Å². The third-order valence-corrected chi connectivity index (χ3v) is 6.92. The molecule has 0 spiro atoms. The van der Waals surface area contributed by atoms with Gasteiger partial charge in [0.2, 0.25) is 0 Å². The summed E-state index contributed by atoms with van der Waals surface area (Å²) in [6, 6.07) is 0. The molecule has 2 N–H and O–H groups in total. The van der Waals surface area contributed by atoms with E-state index in [9.17, 15) is 19.1 Å². The summed E-state index contributed by atoms with van der Waals surface area (Å²) in [6.07, 6.45) is 6.59. The third kappa shape index (κ3) is 10.7.